The number of benzene rings is 2. The number of ether oxygens (including phenoxy) is 2. The minimum Gasteiger partial charge on any atom is -0.348 e. The summed E-state index contributed by atoms with van der Waals surface area (Å²) in [6.07, 6.45) is -0.320. The molecule has 0 radical (unpaired) electrons. The molecule has 4 nitrogen and oxygen atoms in total. The van der Waals surface area contributed by atoms with Gasteiger partial charge >= 0.3 is 0 Å². The molecule has 0 aromatic heterocycles. The Morgan fingerprint density at radius 2 is 1.76 bits per heavy atom. The highest BCUT2D eigenvalue weighted by Crippen LogP contribution is 2.26. The molecule has 3 rings (SSSR count). The summed E-state index contributed by atoms with van der Waals surface area (Å²) in [5.74, 6) is 5.62. The maximum Gasteiger partial charge on any atom is 0.163 e. The summed E-state index contributed by atoms with van der Waals surface area (Å²) >= 11 is 0. The van der Waals surface area contributed by atoms with E-state index in [1.807, 2.05) is 74.5 Å². The lowest BCUT2D eigenvalue weighted by Gasteiger charge is -2.27. The van der Waals surface area contributed by atoms with Gasteiger partial charge in [-0.3, -0.25) is 0 Å². The first-order chi connectivity index (χ1) is 12.0. The van der Waals surface area contributed by atoms with Crippen molar-refractivity contribution in [2.24, 2.45) is 0 Å². The van der Waals surface area contributed by atoms with Crippen molar-refractivity contribution in [2.75, 3.05) is 6.61 Å². The summed E-state index contributed by atoms with van der Waals surface area (Å²) in [4.78, 5) is 0. The third kappa shape index (κ3) is 4.91. The first-order valence-electron chi connectivity index (χ1n) is 8.41. The summed E-state index contributed by atoms with van der Waals surface area (Å²) in [5, 5.41) is 11.9. The lowest BCUT2D eigenvalue weighted by molar-refractivity contribution is -0.176. The highest BCUT2D eigenvalue weighted by atomic mass is 16.7. The van der Waals surface area contributed by atoms with Crippen molar-refractivity contribution in [1.82, 2.24) is 5.06 Å². The smallest absolute Gasteiger partial charge is 0.163 e. The molecule has 2 aromatic carbocycles. The molecule has 1 heterocycles. The van der Waals surface area contributed by atoms with Gasteiger partial charge in [-0.2, -0.15) is 5.06 Å². The van der Waals surface area contributed by atoms with Crippen LogP contribution in [0.25, 0.3) is 0 Å². The van der Waals surface area contributed by atoms with Crippen molar-refractivity contribution in [2.45, 2.75) is 38.3 Å². The Balaban J connectivity index is 1.80. The second-order valence-electron chi connectivity index (χ2n) is 6.53. The van der Waals surface area contributed by atoms with Gasteiger partial charge in [0.15, 0.2) is 5.79 Å². The van der Waals surface area contributed by atoms with Crippen LogP contribution in [0.15, 0.2) is 60.7 Å². The van der Waals surface area contributed by atoms with Gasteiger partial charge in [0, 0.05) is 5.56 Å². The van der Waals surface area contributed by atoms with E-state index in [1.165, 1.54) is 5.06 Å². The van der Waals surface area contributed by atoms with E-state index in [-0.39, 0.29) is 6.10 Å². The predicted octanol–water partition coefficient (Wildman–Crippen LogP) is 3.45. The van der Waals surface area contributed by atoms with Crippen LogP contribution in [-0.2, 0) is 16.0 Å². The maximum atomic E-state index is 10.7. The Labute approximate surface area is 149 Å². The van der Waals surface area contributed by atoms with Crippen LogP contribution in [0.5, 0.6) is 0 Å². The largest absolute Gasteiger partial charge is 0.348 e. The van der Waals surface area contributed by atoms with Crippen molar-refractivity contribution in [3.05, 3.63) is 71.8 Å². The zero-order chi connectivity index (χ0) is 17.7. The fourth-order valence-electron chi connectivity index (χ4n) is 2.78. The zero-order valence-electron chi connectivity index (χ0n) is 14.6. The molecule has 0 aliphatic carbocycles. The van der Waals surface area contributed by atoms with Crippen molar-refractivity contribution >= 4 is 0 Å². The molecule has 0 amide bonds. The van der Waals surface area contributed by atoms with Crippen LogP contribution < -0.4 is 0 Å². The molecule has 1 fully saturated rings. The van der Waals surface area contributed by atoms with Crippen molar-refractivity contribution in [3.63, 3.8) is 0 Å². The molecule has 1 aliphatic heterocycles. The first-order valence-corrected chi connectivity index (χ1v) is 8.41. The lowest BCUT2D eigenvalue weighted by atomic mass is 10.1. The number of hydrogen-bond donors (Lipinski definition) is 1. The van der Waals surface area contributed by atoms with E-state index in [2.05, 4.69) is 11.8 Å². The van der Waals surface area contributed by atoms with Crippen molar-refractivity contribution < 1.29 is 14.7 Å². The van der Waals surface area contributed by atoms with Gasteiger partial charge in [-0.25, -0.2) is 0 Å². The number of hydrogen-bond acceptors (Lipinski definition) is 4. The lowest BCUT2D eigenvalue weighted by Crippen LogP contribution is -2.42. The third-order valence-corrected chi connectivity index (χ3v) is 4.03. The maximum absolute atomic E-state index is 10.7. The normalized spacial score (nSPS) is 20.1. The molecule has 1 saturated heterocycles. The Morgan fingerprint density at radius 1 is 1.12 bits per heavy atom. The van der Waals surface area contributed by atoms with E-state index < -0.39 is 11.8 Å². The molecule has 1 N–H and O–H groups in total. The van der Waals surface area contributed by atoms with E-state index in [1.54, 1.807) is 0 Å². The van der Waals surface area contributed by atoms with E-state index in [9.17, 15) is 5.21 Å². The van der Waals surface area contributed by atoms with Gasteiger partial charge in [0.25, 0.3) is 0 Å². The van der Waals surface area contributed by atoms with E-state index >= 15 is 0 Å². The van der Waals surface area contributed by atoms with Gasteiger partial charge in [-0.1, -0.05) is 60.4 Å². The Hall–Kier alpha value is -2.16. The molecule has 130 valence electrons. The Bertz CT molecular complexity index is 734. The molecular weight excluding hydrogens is 314 g/mol. The van der Waals surface area contributed by atoms with Crippen LogP contribution >= 0.6 is 0 Å². The highest BCUT2D eigenvalue weighted by Gasteiger charge is 2.39. The minimum absolute atomic E-state index is 0.320. The molecule has 0 bridgehead atoms. The van der Waals surface area contributed by atoms with Gasteiger partial charge in [0.1, 0.15) is 12.1 Å². The van der Waals surface area contributed by atoms with Crippen LogP contribution in [0, 0.1) is 11.8 Å². The minimum atomic E-state index is -0.662. The molecule has 0 spiro atoms. The molecule has 0 saturated carbocycles. The summed E-state index contributed by atoms with van der Waals surface area (Å²) in [7, 11) is 0. The monoisotopic (exact) mass is 337 g/mol. The van der Waals surface area contributed by atoms with Crippen LogP contribution in [-0.4, -0.2) is 34.8 Å². The third-order valence-electron chi connectivity index (χ3n) is 4.03. The van der Waals surface area contributed by atoms with Gasteiger partial charge in [0.05, 0.1) is 13.2 Å². The highest BCUT2D eigenvalue weighted by molar-refractivity contribution is 5.35. The predicted molar refractivity (Wildman–Crippen MR) is 95.8 cm³/mol. The standard InChI is InChI=1S/C21H23NO3/c1-21(2)24-16-20(25-21)19(14-13-17-9-5-3-6-10-17)22(23)15-18-11-7-4-8-12-18/h3-12,19-20,23H,15-16H2,1-2H3/t19?,20-/m1/s1. The first kappa shape index (κ1) is 17.7. The SMILES string of the molecule is CC1(C)OC[C@H](C(C#Cc2ccccc2)N(O)Cc2ccccc2)O1. The van der Waals surface area contributed by atoms with Crippen LogP contribution in [0.4, 0.5) is 0 Å². The molecule has 1 aliphatic rings. The molecule has 1 unspecified atom stereocenters. The molecular formula is C21H23NO3. The fraction of sp³-hybridized carbons (Fsp3) is 0.333. The molecule has 2 atom stereocenters. The summed E-state index contributed by atoms with van der Waals surface area (Å²) in [6.45, 7) is 4.50. The second kappa shape index (κ2) is 7.81. The summed E-state index contributed by atoms with van der Waals surface area (Å²) in [5.41, 5.74) is 1.91. The summed E-state index contributed by atoms with van der Waals surface area (Å²) < 4.78 is 11.6. The van der Waals surface area contributed by atoms with Crippen LogP contribution in [0.3, 0.4) is 0 Å². The Kier molecular flexibility index (Phi) is 5.52. The Morgan fingerprint density at radius 3 is 2.36 bits per heavy atom. The van der Waals surface area contributed by atoms with Crippen molar-refractivity contribution in [3.8, 4) is 11.8 Å². The van der Waals surface area contributed by atoms with Crippen LogP contribution in [0.1, 0.15) is 25.0 Å². The van der Waals surface area contributed by atoms with Crippen LogP contribution in [0.2, 0.25) is 0 Å². The molecule has 25 heavy (non-hydrogen) atoms. The molecule has 4 heteroatoms. The van der Waals surface area contributed by atoms with Gasteiger partial charge in [-0.15, -0.1) is 0 Å². The average Bonchev–Trinajstić information content (AvgIpc) is 2.96. The second-order valence-corrected chi connectivity index (χ2v) is 6.53. The summed E-state index contributed by atoms with van der Waals surface area (Å²) in [6, 6.07) is 19.0. The zero-order valence-corrected chi connectivity index (χ0v) is 14.6. The van der Waals surface area contributed by atoms with E-state index in [0.717, 1.165) is 11.1 Å². The fourth-order valence-corrected chi connectivity index (χ4v) is 2.78. The number of nitrogens with zero attached hydrogens (tertiary/aromatic N) is 1. The number of rotatable bonds is 4. The van der Waals surface area contributed by atoms with Crippen molar-refractivity contribution in [1.29, 1.82) is 0 Å². The van der Waals surface area contributed by atoms with Gasteiger partial charge in [0.2, 0.25) is 0 Å². The molecule has 2 aromatic rings. The van der Waals surface area contributed by atoms with Gasteiger partial charge in [-0.05, 0) is 31.5 Å². The van der Waals surface area contributed by atoms with E-state index in [0.29, 0.717) is 13.2 Å². The number of hydroxylamine groups is 2. The topological polar surface area (TPSA) is 41.9 Å². The average molecular weight is 337 g/mol. The quantitative estimate of drug-likeness (QED) is 0.685. The van der Waals surface area contributed by atoms with Gasteiger partial charge < -0.3 is 14.7 Å². The van der Waals surface area contributed by atoms with E-state index in [4.69, 9.17) is 9.47 Å².